The first kappa shape index (κ1) is 18.6. The summed E-state index contributed by atoms with van der Waals surface area (Å²) in [6.45, 7) is 2.35. The highest BCUT2D eigenvalue weighted by Gasteiger charge is 2.45. The number of hydrogen-bond acceptors (Lipinski definition) is 5. The Kier molecular flexibility index (Phi) is 4.91. The maximum atomic E-state index is 13.1. The summed E-state index contributed by atoms with van der Waals surface area (Å²) < 4.78 is 10.8. The number of benzene rings is 2. The first-order chi connectivity index (χ1) is 14.1. The van der Waals surface area contributed by atoms with Crippen LogP contribution in [-0.4, -0.2) is 23.4 Å². The molecule has 1 aliphatic heterocycles. The Morgan fingerprint density at radius 3 is 2.59 bits per heavy atom. The van der Waals surface area contributed by atoms with Gasteiger partial charge in [0.2, 0.25) is 5.78 Å². The van der Waals surface area contributed by atoms with Crippen molar-refractivity contribution in [2.75, 3.05) is 11.5 Å². The summed E-state index contributed by atoms with van der Waals surface area (Å²) in [6.07, 6.45) is 1.38. The average molecular weight is 389 g/mol. The van der Waals surface area contributed by atoms with Crippen molar-refractivity contribution >= 4 is 17.4 Å². The second kappa shape index (κ2) is 7.67. The molecule has 29 heavy (non-hydrogen) atoms. The minimum absolute atomic E-state index is 0.0158. The van der Waals surface area contributed by atoms with Gasteiger partial charge in [-0.15, -0.1) is 0 Å². The van der Waals surface area contributed by atoms with E-state index in [1.807, 2.05) is 37.3 Å². The van der Waals surface area contributed by atoms with Crippen LogP contribution in [0.2, 0.25) is 0 Å². The number of ketones is 1. The molecule has 6 heteroatoms. The summed E-state index contributed by atoms with van der Waals surface area (Å²) in [4.78, 5) is 27.5. The lowest BCUT2D eigenvalue weighted by Gasteiger charge is -2.27. The molecule has 1 amide bonds. The number of furan rings is 1. The van der Waals surface area contributed by atoms with E-state index in [2.05, 4.69) is 0 Å². The van der Waals surface area contributed by atoms with Crippen molar-refractivity contribution in [3.8, 4) is 5.75 Å². The molecule has 1 aromatic heterocycles. The van der Waals surface area contributed by atoms with E-state index in [4.69, 9.17) is 9.15 Å². The Morgan fingerprint density at radius 1 is 1.10 bits per heavy atom. The molecule has 1 atom stereocenters. The summed E-state index contributed by atoms with van der Waals surface area (Å²) in [5, 5.41) is 10.7. The van der Waals surface area contributed by atoms with Crippen molar-refractivity contribution in [3.63, 3.8) is 0 Å². The molecule has 0 saturated heterocycles. The largest absolute Gasteiger partial charge is 0.503 e. The van der Waals surface area contributed by atoms with Gasteiger partial charge < -0.3 is 14.3 Å². The number of amides is 1. The first-order valence-corrected chi connectivity index (χ1v) is 9.24. The number of rotatable bonds is 6. The third-order valence-electron chi connectivity index (χ3n) is 4.72. The van der Waals surface area contributed by atoms with Gasteiger partial charge in [0.05, 0.1) is 24.5 Å². The third kappa shape index (κ3) is 3.29. The molecule has 0 radical (unpaired) electrons. The molecule has 0 bridgehead atoms. The molecule has 0 saturated carbocycles. The fraction of sp³-hybridized carbons (Fsp3) is 0.130. The maximum Gasteiger partial charge on any atom is 0.294 e. The van der Waals surface area contributed by atoms with Gasteiger partial charge in [0.15, 0.2) is 11.5 Å². The van der Waals surface area contributed by atoms with Crippen molar-refractivity contribution in [2.45, 2.75) is 13.0 Å². The molecule has 3 aromatic rings. The topological polar surface area (TPSA) is 80.0 Å². The van der Waals surface area contributed by atoms with Crippen LogP contribution in [0.15, 0.2) is 88.7 Å². The second-order valence-electron chi connectivity index (χ2n) is 6.49. The number of Topliss-reactive ketones (excluding diaryl/α,β-unsaturated/α-hetero) is 1. The highest BCUT2D eigenvalue weighted by molar-refractivity contribution is 6.20. The number of aliphatic hydroxyl groups is 1. The molecule has 2 heterocycles. The van der Waals surface area contributed by atoms with Gasteiger partial charge in [-0.3, -0.25) is 14.5 Å². The zero-order chi connectivity index (χ0) is 20.4. The van der Waals surface area contributed by atoms with E-state index in [-0.39, 0.29) is 11.3 Å². The average Bonchev–Trinajstić information content (AvgIpc) is 3.36. The lowest BCUT2D eigenvalue weighted by molar-refractivity contribution is -0.117. The lowest BCUT2D eigenvalue weighted by Crippen LogP contribution is -2.31. The van der Waals surface area contributed by atoms with Gasteiger partial charge in [-0.05, 0) is 36.8 Å². The van der Waals surface area contributed by atoms with E-state index in [0.29, 0.717) is 23.6 Å². The highest BCUT2D eigenvalue weighted by atomic mass is 16.5. The monoisotopic (exact) mass is 389 g/mol. The van der Waals surface area contributed by atoms with E-state index in [1.54, 1.807) is 30.3 Å². The number of nitrogens with zero attached hydrogens (tertiary/aromatic N) is 1. The Labute approximate surface area is 167 Å². The molecule has 6 nitrogen and oxygen atoms in total. The zero-order valence-electron chi connectivity index (χ0n) is 15.7. The van der Waals surface area contributed by atoms with E-state index < -0.39 is 23.5 Å². The molecule has 1 aliphatic rings. The third-order valence-corrected chi connectivity index (χ3v) is 4.72. The van der Waals surface area contributed by atoms with Gasteiger partial charge in [0.25, 0.3) is 5.91 Å². The molecule has 1 unspecified atom stereocenters. The summed E-state index contributed by atoms with van der Waals surface area (Å²) in [7, 11) is 0. The van der Waals surface area contributed by atoms with Gasteiger partial charge in [-0.25, -0.2) is 0 Å². The van der Waals surface area contributed by atoms with Crippen molar-refractivity contribution in [3.05, 3.63) is 95.6 Å². The van der Waals surface area contributed by atoms with Crippen LogP contribution in [0.25, 0.3) is 0 Å². The van der Waals surface area contributed by atoms with Gasteiger partial charge in [-0.1, -0.05) is 36.4 Å². The van der Waals surface area contributed by atoms with Crippen LogP contribution < -0.4 is 9.64 Å². The Hall–Kier alpha value is -3.80. The molecular weight excluding hydrogens is 370 g/mol. The highest BCUT2D eigenvalue weighted by Crippen LogP contribution is 2.42. The summed E-state index contributed by atoms with van der Waals surface area (Å²) in [5.41, 5.74) is 1.20. The van der Waals surface area contributed by atoms with Crippen molar-refractivity contribution in [1.82, 2.24) is 0 Å². The smallest absolute Gasteiger partial charge is 0.294 e. The van der Waals surface area contributed by atoms with Crippen LogP contribution in [0.5, 0.6) is 5.75 Å². The molecule has 1 N–H and O–H groups in total. The molecular formula is C23H19NO5. The number of carbonyl (C=O) groups excluding carboxylic acids is 2. The quantitative estimate of drug-likeness (QED) is 0.630. The molecule has 2 aromatic carbocycles. The van der Waals surface area contributed by atoms with Gasteiger partial charge in [0.1, 0.15) is 5.75 Å². The van der Waals surface area contributed by atoms with E-state index >= 15 is 0 Å². The summed E-state index contributed by atoms with van der Waals surface area (Å²) in [5.74, 6) is -1.11. The second-order valence-corrected chi connectivity index (χ2v) is 6.49. The first-order valence-electron chi connectivity index (χ1n) is 9.24. The Morgan fingerprint density at radius 2 is 1.90 bits per heavy atom. The number of aliphatic hydroxyl groups excluding tert-OH is 1. The van der Waals surface area contributed by atoms with Crippen molar-refractivity contribution in [1.29, 1.82) is 0 Å². The number of anilines is 1. The fourth-order valence-electron chi connectivity index (χ4n) is 3.48. The molecule has 0 spiro atoms. The van der Waals surface area contributed by atoms with E-state index in [1.165, 1.54) is 17.2 Å². The minimum atomic E-state index is -0.793. The van der Waals surface area contributed by atoms with Gasteiger partial charge in [-0.2, -0.15) is 0 Å². The van der Waals surface area contributed by atoms with E-state index in [0.717, 1.165) is 0 Å². The summed E-state index contributed by atoms with van der Waals surface area (Å²) >= 11 is 0. The molecule has 4 rings (SSSR count). The fourth-order valence-corrected chi connectivity index (χ4v) is 3.48. The molecule has 146 valence electrons. The Bertz CT molecular complexity index is 1070. The standard InChI is InChI=1S/C23H19NO5/c1-2-28-17-11-6-10-16(14-17)24-20(15-8-4-3-5-9-15)19(22(26)23(24)27)21(25)18-12-7-13-29-18/h3-14,20,26H,2H2,1H3. The van der Waals surface area contributed by atoms with Crippen LogP contribution in [0.4, 0.5) is 5.69 Å². The van der Waals surface area contributed by atoms with Crippen LogP contribution >= 0.6 is 0 Å². The van der Waals surface area contributed by atoms with Crippen LogP contribution in [0.1, 0.15) is 29.1 Å². The Balaban J connectivity index is 1.85. The van der Waals surface area contributed by atoms with Crippen LogP contribution in [0, 0.1) is 0 Å². The van der Waals surface area contributed by atoms with Gasteiger partial charge in [0, 0.05) is 11.8 Å². The maximum absolute atomic E-state index is 13.1. The number of carbonyl (C=O) groups is 2. The predicted molar refractivity (Wildman–Crippen MR) is 107 cm³/mol. The van der Waals surface area contributed by atoms with E-state index in [9.17, 15) is 14.7 Å². The van der Waals surface area contributed by atoms with Crippen LogP contribution in [-0.2, 0) is 4.79 Å². The SMILES string of the molecule is CCOc1cccc(N2C(=O)C(O)=C(C(=O)c3ccco3)C2c2ccccc2)c1. The predicted octanol–water partition coefficient (Wildman–Crippen LogP) is 4.46. The molecule has 0 aliphatic carbocycles. The summed E-state index contributed by atoms with van der Waals surface area (Å²) in [6, 6.07) is 18.4. The van der Waals surface area contributed by atoms with Gasteiger partial charge >= 0.3 is 0 Å². The van der Waals surface area contributed by atoms with Crippen LogP contribution in [0.3, 0.4) is 0 Å². The minimum Gasteiger partial charge on any atom is -0.503 e. The zero-order valence-corrected chi connectivity index (χ0v) is 15.7. The number of hydrogen-bond donors (Lipinski definition) is 1. The normalized spacial score (nSPS) is 16.4. The van der Waals surface area contributed by atoms with Crippen molar-refractivity contribution < 1.29 is 23.8 Å². The number of ether oxygens (including phenoxy) is 1. The molecule has 0 fully saturated rings. The lowest BCUT2D eigenvalue weighted by atomic mass is 9.95. The van der Waals surface area contributed by atoms with Crippen molar-refractivity contribution in [2.24, 2.45) is 0 Å².